The fraction of sp³-hybridized carbons (Fsp3) is 0.312. The average Bonchev–Trinajstić information content (AvgIpc) is 2.96. The van der Waals surface area contributed by atoms with Crippen molar-refractivity contribution < 1.29 is 18.7 Å². The van der Waals surface area contributed by atoms with Crippen molar-refractivity contribution in [2.45, 2.75) is 29.9 Å². The maximum Gasteiger partial charge on any atom is 0.311 e. The topological polar surface area (TPSA) is 68.3 Å². The molecule has 8 heteroatoms. The molecule has 1 atom stereocenters. The number of esters is 1. The minimum atomic E-state index is -0.378. The number of halogens is 1. The van der Waals surface area contributed by atoms with Crippen LogP contribution in [0, 0.1) is 5.82 Å². The lowest BCUT2D eigenvalue weighted by Gasteiger charge is -2.10. The normalized spacial score (nSPS) is 11.8. The van der Waals surface area contributed by atoms with E-state index in [2.05, 4.69) is 10.3 Å². The van der Waals surface area contributed by atoms with Gasteiger partial charge in [-0.3, -0.25) is 9.59 Å². The van der Waals surface area contributed by atoms with Crippen LogP contribution in [0.3, 0.4) is 0 Å². The Morgan fingerprint density at radius 1 is 1.38 bits per heavy atom. The molecular weight excluding hydrogens is 351 g/mol. The van der Waals surface area contributed by atoms with Gasteiger partial charge < -0.3 is 10.1 Å². The molecule has 0 aliphatic carbocycles. The van der Waals surface area contributed by atoms with Crippen LogP contribution in [-0.2, 0) is 20.7 Å². The van der Waals surface area contributed by atoms with Crippen molar-refractivity contribution in [2.24, 2.45) is 0 Å². The summed E-state index contributed by atoms with van der Waals surface area (Å²) in [7, 11) is 0. The van der Waals surface area contributed by atoms with Crippen LogP contribution < -0.4 is 5.32 Å². The summed E-state index contributed by atoms with van der Waals surface area (Å²) >= 11 is 2.68. The molecule has 2 aromatic rings. The molecular formula is C16H17FN2O3S2. The standard InChI is InChI=1S/C16H17FN2O3S2/c1-3-22-14(20)8-13-9-23-16(19-13)24-10(2)15(21)18-12-6-4-11(17)5-7-12/h4-7,9-10H,3,8H2,1-2H3,(H,18,21)/t10-/m1/s1. The predicted octanol–water partition coefficient (Wildman–Crippen LogP) is 3.51. The van der Waals surface area contributed by atoms with Gasteiger partial charge in [0, 0.05) is 11.1 Å². The number of hydrogen-bond acceptors (Lipinski definition) is 6. The molecule has 0 fully saturated rings. The van der Waals surface area contributed by atoms with E-state index in [1.165, 1.54) is 47.4 Å². The predicted molar refractivity (Wildman–Crippen MR) is 92.8 cm³/mol. The van der Waals surface area contributed by atoms with Gasteiger partial charge in [-0.25, -0.2) is 9.37 Å². The summed E-state index contributed by atoms with van der Waals surface area (Å²) in [4.78, 5) is 27.9. The van der Waals surface area contributed by atoms with Crippen molar-refractivity contribution in [1.82, 2.24) is 4.98 Å². The van der Waals surface area contributed by atoms with E-state index in [1.807, 2.05) is 0 Å². The zero-order valence-corrected chi connectivity index (χ0v) is 14.9. The van der Waals surface area contributed by atoms with Crippen LogP contribution >= 0.6 is 23.1 Å². The van der Waals surface area contributed by atoms with Gasteiger partial charge in [0.1, 0.15) is 5.82 Å². The second kappa shape index (κ2) is 8.79. The largest absolute Gasteiger partial charge is 0.466 e. The molecule has 1 aromatic carbocycles. The molecule has 1 aromatic heterocycles. The fourth-order valence-corrected chi connectivity index (χ4v) is 3.75. The van der Waals surface area contributed by atoms with Crippen molar-refractivity contribution >= 4 is 40.7 Å². The summed E-state index contributed by atoms with van der Waals surface area (Å²) in [6, 6.07) is 5.59. The lowest BCUT2D eigenvalue weighted by Crippen LogP contribution is -2.22. The quantitative estimate of drug-likeness (QED) is 0.598. The highest BCUT2D eigenvalue weighted by molar-refractivity contribution is 8.02. The smallest absolute Gasteiger partial charge is 0.311 e. The van der Waals surface area contributed by atoms with Crippen molar-refractivity contribution in [2.75, 3.05) is 11.9 Å². The lowest BCUT2D eigenvalue weighted by atomic mass is 10.3. The maximum atomic E-state index is 12.9. The van der Waals surface area contributed by atoms with Gasteiger partial charge in [0.15, 0.2) is 4.34 Å². The summed E-state index contributed by atoms with van der Waals surface area (Å²) < 4.78 is 18.4. The van der Waals surface area contributed by atoms with Crippen LogP contribution in [0.2, 0.25) is 0 Å². The van der Waals surface area contributed by atoms with E-state index in [0.717, 1.165) is 0 Å². The van der Waals surface area contributed by atoms with E-state index < -0.39 is 0 Å². The number of benzene rings is 1. The molecule has 0 aliphatic heterocycles. The Morgan fingerprint density at radius 3 is 2.75 bits per heavy atom. The summed E-state index contributed by atoms with van der Waals surface area (Å²) in [5.74, 6) is -0.873. The van der Waals surface area contributed by atoms with E-state index in [-0.39, 0.29) is 29.4 Å². The Balaban J connectivity index is 1.88. The van der Waals surface area contributed by atoms with Gasteiger partial charge in [0.25, 0.3) is 0 Å². The van der Waals surface area contributed by atoms with Gasteiger partial charge in [-0.05, 0) is 38.1 Å². The Bertz CT molecular complexity index is 704. The summed E-state index contributed by atoms with van der Waals surface area (Å²) in [6.45, 7) is 3.85. The van der Waals surface area contributed by atoms with Crippen molar-refractivity contribution in [1.29, 1.82) is 0 Å². The number of hydrogen-bond donors (Lipinski definition) is 1. The van der Waals surface area contributed by atoms with Gasteiger partial charge in [0.2, 0.25) is 5.91 Å². The third-order valence-corrected chi connectivity index (χ3v) is 5.04. The Hall–Kier alpha value is -1.93. The number of amides is 1. The highest BCUT2D eigenvalue weighted by atomic mass is 32.2. The average molecular weight is 368 g/mol. The number of thioether (sulfide) groups is 1. The molecule has 0 bridgehead atoms. The molecule has 0 saturated carbocycles. The molecule has 0 radical (unpaired) electrons. The van der Waals surface area contributed by atoms with Gasteiger partial charge in [-0.1, -0.05) is 11.8 Å². The van der Waals surface area contributed by atoms with E-state index in [9.17, 15) is 14.0 Å². The Morgan fingerprint density at radius 2 is 2.08 bits per heavy atom. The first-order valence-electron chi connectivity index (χ1n) is 7.31. The van der Waals surface area contributed by atoms with Crippen LogP contribution in [0.4, 0.5) is 10.1 Å². The van der Waals surface area contributed by atoms with E-state index >= 15 is 0 Å². The molecule has 5 nitrogen and oxygen atoms in total. The van der Waals surface area contributed by atoms with E-state index in [4.69, 9.17) is 4.74 Å². The lowest BCUT2D eigenvalue weighted by molar-refractivity contribution is -0.142. The number of nitrogens with one attached hydrogen (secondary N) is 1. The fourth-order valence-electron chi connectivity index (χ4n) is 1.77. The highest BCUT2D eigenvalue weighted by Crippen LogP contribution is 2.27. The van der Waals surface area contributed by atoms with Gasteiger partial charge in [0.05, 0.1) is 24.0 Å². The van der Waals surface area contributed by atoms with Crippen molar-refractivity contribution in [3.8, 4) is 0 Å². The van der Waals surface area contributed by atoms with Crippen LogP contribution in [-0.4, -0.2) is 28.7 Å². The van der Waals surface area contributed by atoms with E-state index in [1.54, 1.807) is 19.2 Å². The minimum Gasteiger partial charge on any atom is -0.466 e. The zero-order chi connectivity index (χ0) is 17.5. The molecule has 0 aliphatic rings. The number of aromatic nitrogens is 1. The zero-order valence-electron chi connectivity index (χ0n) is 13.2. The molecule has 0 unspecified atom stereocenters. The summed E-state index contributed by atoms with van der Waals surface area (Å²) in [6.07, 6.45) is 0.126. The molecule has 1 amide bonds. The first-order valence-corrected chi connectivity index (χ1v) is 9.07. The van der Waals surface area contributed by atoms with Gasteiger partial charge in [-0.15, -0.1) is 11.3 Å². The minimum absolute atomic E-state index is 0.126. The molecule has 128 valence electrons. The maximum absolute atomic E-state index is 12.9. The Kier molecular flexibility index (Phi) is 6.74. The molecule has 2 rings (SSSR count). The monoisotopic (exact) mass is 368 g/mol. The first kappa shape index (κ1) is 18.4. The number of ether oxygens (including phenoxy) is 1. The number of rotatable bonds is 7. The van der Waals surface area contributed by atoms with Crippen LogP contribution in [0.15, 0.2) is 34.0 Å². The van der Waals surface area contributed by atoms with Crippen LogP contribution in [0.25, 0.3) is 0 Å². The summed E-state index contributed by atoms with van der Waals surface area (Å²) in [5, 5.41) is 4.12. The number of thiazole rings is 1. The number of carbonyl (C=O) groups is 2. The van der Waals surface area contributed by atoms with E-state index in [0.29, 0.717) is 22.3 Å². The second-order valence-electron chi connectivity index (χ2n) is 4.84. The highest BCUT2D eigenvalue weighted by Gasteiger charge is 2.17. The number of nitrogens with zero attached hydrogens (tertiary/aromatic N) is 1. The molecule has 1 heterocycles. The first-order chi connectivity index (χ1) is 11.5. The van der Waals surface area contributed by atoms with Crippen molar-refractivity contribution in [3.05, 3.63) is 41.2 Å². The van der Waals surface area contributed by atoms with Gasteiger partial charge >= 0.3 is 5.97 Å². The molecule has 24 heavy (non-hydrogen) atoms. The third-order valence-electron chi connectivity index (χ3n) is 2.92. The number of carbonyl (C=O) groups excluding carboxylic acids is 2. The molecule has 0 spiro atoms. The molecule has 1 N–H and O–H groups in total. The Labute approximate surface area is 147 Å². The SMILES string of the molecule is CCOC(=O)Cc1csc(S[C@H](C)C(=O)Nc2ccc(F)cc2)n1. The van der Waals surface area contributed by atoms with Gasteiger partial charge in [-0.2, -0.15) is 0 Å². The van der Waals surface area contributed by atoms with Crippen molar-refractivity contribution in [3.63, 3.8) is 0 Å². The van der Waals surface area contributed by atoms with Crippen LogP contribution in [0.5, 0.6) is 0 Å². The number of anilines is 1. The summed E-state index contributed by atoms with van der Waals surface area (Å²) in [5.41, 5.74) is 1.17. The molecule has 0 saturated heterocycles. The third kappa shape index (κ3) is 5.61. The second-order valence-corrected chi connectivity index (χ2v) is 7.29. The van der Waals surface area contributed by atoms with Crippen LogP contribution in [0.1, 0.15) is 19.5 Å².